The van der Waals surface area contributed by atoms with Crippen molar-refractivity contribution in [3.63, 3.8) is 0 Å². The Kier molecular flexibility index (Phi) is 5.63. The first-order valence-electron chi connectivity index (χ1n) is 9.44. The largest absolute Gasteiger partial charge is 0.360 e. The molecule has 0 spiro atoms. The molecule has 0 saturated carbocycles. The number of likely N-dealkylation sites (tertiary alicyclic amines) is 1. The summed E-state index contributed by atoms with van der Waals surface area (Å²) in [5.74, 6) is -0.0177. The second-order valence-corrected chi connectivity index (χ2v) is 9.26. The molecule has 0 radical (unpaired) electrons. The van der Waals surface area contributed by atoms with E-state index in [0.29, 0.717) is 6.54 Å². The average molecular weight is 406 g/mol. The smallest absolute Gasteiger partial charge is 0.246 e. The van der Waals surface area contributed by atoms with Crippen LogP contribution in [-0.2, 0) is 14.8 Å². The zero-order chi connectivity index (χ0) is 20.6. The van der Waals surface area contributed by atoms with Crippen molar-refractivity contribution in [2.75, 3.05) is 6.54 Å². The summed E-state index contributed by atoms with van der Waals surface area (Å²) in [5.41, 5.74) is 3.69. The Morgan fingerprint density at radius 2 is 1.86 bits per heavy atom. The van der Waals surface area contributed by atoms with E-state index in [2.05, 4.69) is 28.1 Å². The van der Waals surface area contributed by atoms with Crippen molar-refractivity contribution in [3.05, 3.63) is 46.3 Å². The number of benzene rings is 1. The van der Waals surface area contributed by atoms with Gasteiger partial charge in [-0.2, -0.15) is 4.72 Å². The first kappa shape index (κ1) is 20.5. The van der Waals surface area contributed by atoms with Gasteiger partial charge in [-0.05, 0) is 53.0 Å². The summed E-state index contributed by atoms with van der Waals surface area (Å²) in [5, 5.41) is 3.69. The van der Waals surface area contributed by atoms with Crippen LogP contribution in [0.1, 0.15) is 54.0 Å². The lowest BCUT2D eigenvalue weighted by Crippen LogP contribution is -2.46. The van der Waals surface area contributed by atoms with Crippen molar-refractivity contribution in [1.82, 2.24) is 14.8 Å². The van der Waals surface area contributed by atoms with Crippen LogP contribution in [-0.4, -0.2) is 37.0 Å². The fraction of sp³-hybridized carbons (Fsp3) is 0.500. The van der Waals surface area contributed by atoms with Crippen LogP contribution in [0.5, 0.6) is 0 Å². The molecule has 1 aliphatic rings. The summed E-state index contributed by atoms with van der Waals surface area (Å²) in [6, 6.07) is 5.39. The van der Waals surface area contributed by atoms with Gasteiger partial charge in [0.1, 0.15) is 10.6 Å². The highest BCUT2D eigenvalue weighted by Gasteiger charge is 2.35. The first-order chi connectivity index (χ1) is 13.1. The maximum atomic E-state index is 13.1. The summed E-state index contributed by atoms with van der Waals surface area (Å²) in [7, 11) is -3.90. The number of aromatic nitrogens is 1. The maximum absolute atomic E-state index is 13.1. The SMILES string of the molecule is Cc1cc(C)cc(C2CCCN2C(=O)[C@H](C)NS(=O)(=O)c2c(C)noc2C)c1. The third-order valence-electron chi connectivity index (χ3n) is 5.10. The molecule has 2 atom stereocenters. The number of carbonyl (C=O) groups excluding carboxylic acids is 1. The van der Waals surface area contributed by atoms with E-state index in [4.69, 9.17) is 4.52 Å². The fourth-order valence-corrected chi connectivity index (χ4v) is 5.55. The van der Waals surface area contributed by atoms with Crippen molar-refractivity contribution >= 4 is 15.9 Å². The molecule has 8 heteroatoms. The summed E-state index contributed by atoms with van der Waals surface area (Å²) < 4.78 is 32.9. The van der Waals surface area contributed by atoms with E-state index >= 15 is 0 Å². The number of sulfonamides is 1. The van der Waals surface area contributed by atoms with E-state index in [1.807, 2.05) is 13.8 Å². The van der Waals surface area contributed by atoms with Gasteiger partial charge in [-0.1, -0.05) is 34.5 Å². The molecule has 7 nitrogen and oxygen atoms in total. The minimum Gasteiger partial charge on any atom is -0.360 e. The monoisotopic (exact) mass is 405 g/mol. The zero-order valence-electron chi connectivity index (χ0n) is 16.9. The number of amides is 1. The summed E-state index contributed by atoms with van der Waals surface area (Å²) in [4.78, 5) is 14.9. The second-order valence-electron chi connectivity index (χ2n) is 7.61. The Labute approximate surface area is 166 Å². The molecule has 1 aliphatic heterocycles. The van der Waals surface area contributed by atoms with Gasteiger partial charge in [-0.25, -0.2) is 8.42 Å². The van der Waals surface area contributed by atoms with Crippen molar-refractivity contribution in [1.29, 1.82) is 0 Å². The number of hydrogen-bond acceptors (Lipinski definition) is 5. The van der Waals surface area contributed by atoms with E-state index in [1.54, 1.807) is 18.7 Å². The molecule has 1 aromatic carbocycles. The van der Waals surface area contributed by atoms with Crippen LogP contribution in [0.4, 0.5) is 0 Å². The van der Waals surface area contributed by atoms with E-state index < -0.39 is 16.1 Å². The highest BCUT2D eigenvalue weighted by atomic mass is 32.2. The average Bonchev–Trinajstić information content (AvgIpc) is 3.19. The van der Waals surface area contributed by atoms with E-state index in [-0.39, 0.29) is 28.3 Å². The van der Waals surface area contributed by atoms with Gasteiger partial charge in [-0.15, -0.1) is 0 Å². The fourth-order valence-electron chi connectivity index (χ4n) is 4.03. The Balaban J connectivity index is 1.80. The molecule has 1 unspecified atom stereocenters. The van der Waals surface area contributed by atoms with Gasteiger partial charge >= 0.3 is 0 Å². The lowest BCUT2D eigenvalue weighted by molar-refractivity contribution is -0.133. The van der Waals surface area contributed by atoms with Crippen LogP contribution >= 0.6 is 0 Å². The van der Waals surface area contributed by atoms with Gasteiger partial charge in [0, 0.05) is 6.54 Å². The molecule has 1 amide bonds. The quantitative estimate of drug-likeness (QED) is 0.826. The van der Waals surface area contributed by atoms with Crippen molar-refractivity contribution in [2.24, 2.45) is 0 Å². The number of carbonyl (C=O) groups is 1. The molecule has 28 heavy (non-hydrogen) atoms. The van der Waals surface area contributed by atoms with Gasteiger partial charge < -0.3 is 9.42 Å². The topological polar surface area (TPSA) is 92.5 Å². The molecular weight excluding hydrogens is 378 g/mol. The van der Waals surface area contributed by atoms with Gasteiger partial charge in [0.15, 0.2) is 5.76 Å². The normalized spacial score (nSPS) is 18.5. The van der Waals surface area contributed by atoms with Gasteiger partial charge in [-0.3, -0.25) is 4.79 Å². The molecule has 0 bridgehead atoms. The van der Waals surface area contributed by atoms with Crippen LogP contribution in [0.15, 0.2) is 27.6 Å². The predicted molar refractivity (Wildman–Crippen MR) is 105 cm³/mol. The summed E-state index contributed by atoms with van der Waals surface area (Å²) in [6.45, 7) is 9.38. The molecule has 2 heterocycles. The Morgan fingerprint density at radius 1 is 1.21 bits per heavy atom. The Bertz CT molecular complexity index is 957. The molecule has 1 N–H and O–H groups in total. The van der Waals surface area contributed by atoms with Crippen LogP contribution < -0.4 is 4.72 Å². The maximum Gasteiger partial charge on any atom is 0.246 e. The molecular formula is C20H27N3O4S. The van der Waals surface area contributed by atoms with E-state index in [0.717, 1.165) is 29.5 Å². The molecule has 1 saturated heterocycles. The zero-order valence-corrected chi connectivity index (χ0v) is 17.8. The molecule has 1 fully saturated rings. The number of aryl methyl sites for hydroxylation is 4. The standard InChI is InChI=1S/C20H27N3O4S/c1-12-9-13(2)11-17(10-12)18-7-6-8-23(18)20(24)15(4)22-28(25,26)19-14(3)21-27-16(19)5/h9-11,15,18,22H,6-8H2,1-5H3/t15-,18?/m0/s1. The summed E-state index contributed by atoms with van der Waals surface area (Å²) >= 11 is 0. The lowest BCUT2D eigenvalue weighted by atomic mass is 9.99. The van der Waals surface area contributed by atoms with E-state index in [1.165, 1.54) is 6.92 Å². The first-order valence-corrected chi connectivity index (χ1v) is 10.9. The van der Waals surface area contributed by atoms with Crippen molar-refractivity contribution in [3.8, 4) is 0 Å². The molecule has 152 valence electrons. The Morgan fingerprint density at radius 3 is 2.43 bits per heavy atom. The third kappa shape index (κ3) is 3.98. The van der Waals surface area contributed by atoms with Crippen LogP contribution in [0.2, 0.25) is 0 Å². The highest BCUT2D eigenvalue weighted by molar-refractivity contribution is 7.89. The van der Waals surface area contributed by atoms with Gasteiger partial charge in [0.25, 0.3) is 0 Å². The minimum atomic E-state index is -3.90. The predicted octanol–water partition coefficient (Wildman–Crippen LogP) is 2.94. The summed E-state index contributed by atoms with van der Waals surface area (Å²) in [6.07, 6.45) is 1.77. The van der Waals surface area contributed by atoms with Gasteiger partial charge in [0.2, 0.25) is 15.9 Å². The van der Waals surface area contributed by atoms with Crippen LogP contribution in [0.3, 0.4) is 0 Å². The van der Waals surface area contributed by atoms with Crippen LogP contribution in [0.25, 0.3) is 0 Å². The molecule has 2 aromatic rings. The van der Waals surface area contributed by atoms with Gasteiger partial charge in [0.05, 0.1) is 12.1 Å². The number of hydrogen-bond donors (Lipinski definition) is 1. The van der Waals surface area contributed by atoms with Crippen molar-refractivity contribution in [2.45, 2.75) is 64.4 Å². The molecule has 3 rings (SSSR count). The molecule has 0 aliphatic carbocycles. The van der Waals surface area contributed by atoms with Crippen LogP contribution in [0, 0.1) is 27.7 Å². The Hall–Kier alpha value is -2.19. The van der Waals surface area contributed by atoms with Crippen molar-refractivity contribution < 1.29 is 17.7 Å². The second kappa shape index (κ2) is 7.67. The third-order valence-corrected chi connectivity index (χ3v) is 6.89. The minimum absolute atomic E-state index is 0.000527. The lowest BCUT2D eigenvalue weighted by Gasteiger charge is -2.28. The highest BCUT2D eigenvalue weighted by Crippen LogP contribution is 2.33. The number of rotatable bonds is 5. The molecule has 1 aromatic heterocycles. The number of nitrogens with one attached hydrogen (secondary N) is 1. The van der Waals surface area contributed by atoms with E-state index in [9.17, 15) is 13.2 Å². The number of nitrogens with zero attached hydrogens (tertiary/aromatic N) is 2.